The Labute approximate surface area is 193 Å². The van der Waals surface area contributed by atoms with Gasteiger partial charge in [-0.3, -0.25) is 0 Å². The average molecular weight is 466 g/mol. The maximum absolute atomic E-state index is 13.9. The zero-order valence-electron chi connectivity index (χ0n) is 19.6. The molecule has 4 rings (SSSR count). The van der Waals surface area contributed by atoms with Gasteiger partial charge in [0.15, 0.2) is 0 Å². The molecule has 1 saturated heterocycles. The highest BCUT2D eigenvalue weighted by atomic mass is 19.4. The van der Waals surface area contributed by atoms with Crippen molar-refractivity contribution in [1.29, 1.82) is 0 Å². The topological polar surface area (TPSA) is 59.4 Å². The van der Waals surface area contributed by atoms with Crippen LogP contribution in [0.4, 0.5) is 24.7 Å². The molecule has 1 aromatic heterocycles. The molecule has 2 fully saturated rings. The number of halogens is 3. The van der Waals surface area contributed by atoms with E-state index in [0.717, 1.165) is 38.5 Å². The predicted molar refractivity (Wildman–Crippen MR) is 126 cm³/mol. The van der Waals surface area contributed by atoms with E-state index in [1.165, 1.54) is 19.0 Å². The van der Waals surface area contributed by atoms with Crippen LogP contribution in [0.2, 0.25) is 0 Å². The van der Waals surface area contributed by atoms with E-state index < -0.39 is 11.7 Å². The fraction of sp³-hybridized carbons (Fsp3) is 0.696. The highest BCUT2D eigenvalue weighted by Gasteiger charge is 2.36. The molecule has 3 heterocycles. The van der Waals surface area contributed by atoms with Crippen LogP contribution in [0.1, 0.15) is 45.1 Å². The van der Waals surface area contributed by atoms with Gasteiger partial charge in [0, 0.05) is 38.8 Å². The third-order valence-corrected chi connectivity index (χ3v) is 6.85. The lowest BCUT2D eigenvalue weighted by molar-refractivity contribution is -0.137. The van der Waals surface area contributed by atoms with E-state index in [0.29, 0.717) is 25.1 Å². The van der Waals surface area contributed by atoms with Gasteiger partial charge in [-0.2, -0.15) is 13.2 Å². The Hall–Kier alpha value is -2.36. The van der Waals surface area contributed by atoms with Gasteiger partial charge in [-0.15, -0.1) is 0 Å². The number of alkyl halides is 3. The van der Waals surface area contributed by atoms with Crippen LogP contribution in [-0.4, -0.2) is 78.9 Å². The molecule has 1 atom stereocenters. The molecule has 2 aliphatic heterocycles. The first kappa shape index (κ1) is 23.8. The molecular formula is C23H34F3N7. The molecule has 1 N–H and O–H groups in total. The van der Waals surface area contributed by atoms with E-state index in [1.54, 1.807) is 11.2 Å². The maximum Gasteiger partial charge on any atom is 0.418 e. The molecule has 1 unspecified atom stereocenters. The molecule has 1 aliphatic carbocycles. The van der Waals surface area contributed by atoms with Gasteiger partial charge in [-0.25, -0.2) is 15.0 Å². The van der Waals surface area contributed by atoms with E-state index in [1.807, 2.05) is 7.05 Å². The SMILES string of the molecule is CC(C)C1CN(C2CCCC2)C=NC(Nc2cc(C(F)(F)F)c(N3CCN(C)CC3)cn2)=N1. The molecule has 0 aromatic carbocycles. The van der Waals surface area contributed by atoms with Crippen molar-refractivity contribution in [3.05, 3.63) is 17.8 Å². The number of hydrogen-bond donors (Lipinski definition) is 1. The molecule has 7 nitrogen and oxygen atoms in total. The van der Waals surface area contributed by atoms with Crippen LogP contribution in [0.25, 0.3) is 0 Å². The summed E-state index contributed by atoms with van der Waals surface area (Å²) in [6.45, 7) is 7.49. The van der Waals surface area contributed by atoms with Gasteiger partial charge in [-0.1, -0.05) is 26.7 Å². The van der Waals surface area contributed by atoms with Gasteiger partial charge in [0.2, 0.25) is 5.96 Å². The van der Waals surface area contributed by atoms with Crippen molar-refractivity contribution in [2.75, 3.05) is 50.0 Å². The van der Waals surface area contributed by atoms with Gasteiger partial charge < -0.3 is 20.0 Å². The van der Waals surface area contributed by atoms with Crippen molar-refractivity contribution < 1.29 is 13.2 Å². The molecule has 1 aromatic rings. The second-order valence-corrected chi connectivity index (χ2v) is 9.64. The zero-order chi connectivity index (χ0) is 23.6. The molecule has 0 amide bonds. The summed E-state index contributed by atoms with van der Waals surface area (Å²) >= 11 is 0. The van der Waals surface area contributed by atoms with Gasteiger partial charge >= 0.3 is 6.18 Å². The molecular weight excluding hydrogens is 431 g/mol. The lowest BCUT2D eigenvalue weighted by Crippen LogP contribution is -2.45. The summed E-state index contributed by atoms with van der Waals surface area (Å²) in [4.78, 5) is 19.6. The fourth-order valence-electron chi connectivity index (χ4n) is 4.68. The minimum Gasteiger partial charge on any atom is -0.367 e. The van der Waals surface area contributed by atoms with Crippen molar-refractivity contribution >= 4 is 23.8 Å². The molecule has 182 valence electrons. The molecule has 0 spiro atoms. The average Bonchev–Trinajstić information content (AvgIpc) is 3.22. The lowest BCUT2D eigenvalue weighted by atomic mass is 10.0. The van der Waals surface area contributed by atoms with Crippen LogP contribution >= 0.6 is 0 Å². The highest BCUT2D eigenvalue weighted by molar-refractivity contribution is 5.98. The summed E-state index contributed by atoms with van der Waals surface area (Å²) in [7, 11) is 1.97. The number of nitrogens with one attached hydrogen (secondary N) is 1. The standard InChI is InChI=1S/C23H34F3N7/c1-16(2)19-14-33(17-6-4-5-7-17)15-28-22(29-19)30-21-12-18(23(24,25)26)20(13-27-21)32-10-8-31(3)9-11-32/h12-13,15-17,19H,4-11,14H2,1-3H3,(H,27,29,30). The van der Waals surface area contributed by atoms with Gasteiger partial charge in [0.25, 0.3) is 0 Å². The third-order valence-electron chi connectivity index (χ3n) is 6.85. The number of rotatable bonds is 4. The minimum absolute atomic E-state index is 0.00213. The Kier molecular flexibility index (Phi) is 7.11. The van der Waals surface area contributed by atoms with Gasteiger partial charge in [0.05, 0.1) is 29.8 Å². The van der Waals surface area contributed by atoms with Crippen LogP contribution in [-0.2, 0) is 6.18 Å². The predicted octanol–water partition coefficient (Wildman–Crippen LogP) is 3.93. The van der Waals surface area contributed by atoms with Crippen molar-refractivity contribution in [2.24, 2.45) is 15.9 Å². The van der Waals surface area contributed by atoms with Crippen LogP contribution in [0.5, 0.6) is 0 Å². The summed E-state index contributed by atoms with van der Waals surface area (Å²) in [5, 5.41) is 2.95. The van der Waals surface area contributed by atoms with Crippen molar-refractivity contribution in [3.8, 4) is 0 Å². The van der Waals surface area contributed by atoms with Crippen molar-refractivity contribution in [2.45, 2.75) is 57.8 Å². The first-order chi connectivity index (χ1) is 15.7. The normalized spacial score (nSPS) is 23.2. The number of guanidine groups is 1. The number of aliphatic imine (C=N–C) groups is 2. The van der Waals surface area contributed by atoms with Gasteiger partial charge in [0.1, 0.15) is 5.82 Å². The van der Waals surface area contributed by atoms with Crippen molar-refractivity contribution in [3.63, 3.8) is 0 Å². The van der Waals surface area contributed by atoms with E-state index in [4.69, 9.17) is 4.99 Å². The third kappa shape index (κ3) is 5.77. The van der Waals surface area contributed by atoms with Crippen LogP contribution in [0, 0.1) is 5.92 Å². The minimum atomic E-state index is -4.48. The Bertz CT molecular complexity index is 869. The number of hydrogen-bond acceptors (Lipinski definition) is 7. The largest absolute Gasteiger partial charge is 0.418 e. The highest BCUT2D eigenvalue weighted by Crippen LogP contribution is 2.38. The summed E-state index contributed by atoms with van der Waals surface area (Å²) < 4.78 is 41.8. The second kappa shape index (κ2) is 9.87. The number of aromatic nitrogens is 1. The fourth-order valence-corrected chi connectivity index (χ4v) is 4.68. The molecule has 0 radical (unpaired) electrons. The van der Waals surface area contributed by atoms with Crippen LogP contribution in [0.3, 0.4) is 0 Å². The summed E-state index contributed by atoms with van der Waals surface area (Å²) in [6, 6.07) is 1.54. The molecule has 33 heavy (non-hydrogen) atoms. The number of anilines is 2. The summed E-state index contributed by atoms with van der Waals surface area (Å²) in [5.41, 5.74) is -0.560. The Balaban J connectivity index is 1.57. The van der Waals surface area contributed by atoms with E-state index in [-0.39, 0.29) is 23.5 Å². The zero-order valence-corrected chi connectivity index (χ0v) is 19.6. The molecule has 0 bridgehead atoms. The lowest BCUT2D eigenvalue weighted by Gasteiger charge is -2.35. The monoisotopic (exact) mass is 465 g/mol. The van der Waals surface area contributed by atoms with E-state index >= 15 is 0 Å². The summed E-state index contributed by atoms with van der Waals surface area (Å²) in [6.07, 6.45) is 3.37. The maximum atomic E-state index is 13.9. The summed E-state index contributed by atoms with van der Waals surface area (Å²) in [5.74, 6) is 0.695. The Morgan fingerprint density at radius 3 is 2.42 bits per heavy atom. The van der Waals surface area contributed by atoms with Gasteiger partial charge in [-0.05, 0) is 31.9 Å². The van der Waals surface area contributed by atoms with Crippen molar-refractivity contribution in [1.82, 2.24) is 14.8 Å². The number of likely N-dealkylation sites (N-methyl/N-ethyl adjacent to an activating group) is 1. The van der Waals surface area contributed by atoms with Crippen LogP contribution in [0.15, 0.2) is 22.2 Å². The first-order valence-electron chi connectivity index (χ1n) is 11.9. The number of piperazine rings is 1. The van der Waals surface area contributed by atoms with E-state index in [2.05, 4.69) is 38.9 Å². The van der Waals surface area contributed by atoms with Crippen LogP contribution < -0.4 is 10.2 Å². The smallest absolute Gasteiger partial charge is 0.367 e. The Morgan fingerprint density at radius 2 is 1.79 bits per heavy atom. The van der Waals surface area contributed by atoms with E-state index in [9.17, 15) is 13.2 Å². The molecule has 1 saturated carbocycles. The number of nitrogens with zero attached hydrogens (tertiary/aromatic N) is 6. The molecule has 10 heteroatoms. The number of pyridine rings is 1. The second-order valence-electron chi connectivity index (χ2n) is 9.64. The first-order valence-corrected chi connectivity index (χ1v) is 11.9. The molecule has 3 aliphatic rings. The Morgan fingerprint density at radius 1 is 1.09 bits per heavy atom. The quantitative estimate of drug-likeness (QED) is 0.730.